The number of allylic oxidation sites excluding steroid dienone is 2. The van der Waals surface area contributed by atoms with Gasteiger partial charge in [0, 0.05) is 24.5 Å². The summed E-state index contributed by atoms with van der Waals surface area (Å²) in [7, 11) is 1.66. The third-order valence-corrected chi connectivity index (χ3v) is 9.25. The fourth-order valence-electron chi connectivity index (χ4n) is 6.05. The molecule has 0 bridgehead atoms. The van der Waals surface area contributed by atoms with Gasteiger partial charge in [0.1, 0.15) is 23.9 Å². The molecule has 10 nitrogen and oxygen atoms in total. The Morgan fingerprint density at radius 1 is 1.22 bits per heavy atom. The van der Waals surface area contributed by atoms with Gasteiger partial charge in [-0.15, -0.1) is 0 Å². The van der Waals surface area contributed by atoms with Gasteiger partial charge < -0.3 is 40.0 Å². The fourth-order valence-corrected chi connectivity index (χ4v) is 6.05. The van der Waals surface area contributed by atoms with Crippen molar-refractivity contribution in [2.75, 3.05) is 7.11 Å². The van der Waals surface area contributed by atoms with E-state index in [0.29, 0.717) is 11.1 Å². The normalized spacial score (nSPS) is 33.5. The molecule has 2 aliphatic heterocycles. The van der Waals surface area contributed by atoms with Crippen molar-refractivity contribution in [2.24, 2.45) is 11.8 Å². The third kappa shape index (κ3) is 10.1. The number of amides is 1. The second-order valence-corrected chi connectivity index (χ2v) is 13.3. The Balaban J connectivity index is 1.86. The molecule has 0 spiro atoms. The summed E-state index contributed by atoms with van der Waals surface area (Å²) in [5.41, 5.74) is -1.90. The molecule has 2 unspecified atom stereocenters. The second-order valence-electron chi connectivity index (χ2n) is 13.3. The van der Waals surface area contributed by atoms with Crippen LogP contribution in [0.15, 0.2) is 66.3 Å². The standard InChI is InChI=1S/C36H53NO9/c1-8-27(44-7)24(4)31-32(46-31)33(37-34(41)25-14-10-9-11-15-25)36(6,43)19-12-13-22(2)30-23(3)16-17-28(39)35(5,42)20-18-26(38)21-29(40)45-30/h9-17,19,23-24,26-28,30-33,38-39,42-43H,8,18,20-21H2,1-7H3,(H,37,41)/b17-16+,19-12+,22-13+/t23-,24+,26+,27-,28-,30+,31+,32-,33?,35+,36?/m0/s1. The van der Waals surface area contributed by atoms with Gasteiger partial charge in [0.15, 0.2) is 0 Å². The molecule has 1 aromatic rings. The number of ether oxygens (including phenoxy) is 3. The predicted octanol–water partition coefficient (Wildman–Crippen LogP) is 3.63. The SMILES string of the molecule is CC[C@H](OC)[C@@H](C)[C@H]1O[C@@H]1C(NC(=O)c1ccccc1)C(C)(O)/C=C/C=C(\C)[C@H]1OC(=O)C[C@H](O)CC[C@@](C)(O)[C@@H](O)/C=C/[C@@H]1C. The van der Waals surface area contributed by atoms with E-state index in [1.54, 1.807) is 69.5 Å². The molecular formula is C36H53NO9. The summed E-state index contributed by atoms with van der Waals surface area (Å²) < 4.78 is 17.5. The Kier molecular flexibility index (Phi) is 13.3. The average Bonchev–Trinajstić information content (AvgIpc) is 3.80. The van der Waals surface area contributed by atoms with Crippen LogP contribution in [0.3, 0.4) is 0 Å². The monoisotopic (exact) mass is 643 g/mol. The first-order valence-electron chi connectivity index (χ1n) is 16.2. The zero-order chi connectivity index (χ0) is 34.2. The van der Waals surface area contributed by atoms with Gasteiger partial charge >= 0.3 is 5.97 Å². The van der Waals surface area contributed by atoms with E-state index < -0.39 is 47.6 Å². The van der Waals surface area contributed by atoms with E-state index in [-0.39, 0.29) is 49.2 Å². The lowest BCUT2D eigenvalue weighted by Gasteiger charge is -2.31. The number of carbonyl (C=O) groups excluding carboxylic acids is 2. The largest absolute Gasteiger partial charge is 0.457 e. The maximum atomic E-state index is 13.2. The molecule has 11 atom stereocenters. The minimum Gasteiger partial charge on any atom is -0.457 e. The third-order valence-electron chi connectivity index (χ3n) is 9.25. The van der Waals surface area contributed by atoms with Crippen molar-refractivity contribution in [3.63, 3.8) is 0 Å². The van der Waals surface area contributed by atoms with Crippen LogP contribution in [-0.4, -0.2) is 93.3 Å². The molecule has 0 radical (unpaired) electrons. The molecule has 0 aliphatic carbocycles. The summed E-state index contributed by atoms with van der Waals surface area (Å²) in [5.74, 6) is -1.28. The molecule has 2 heterocycles. The molecule has 1 amide bonds. The number of aliphatic hydroxyl groups is 4. The first-order chi connectivity index (χ1) is 21.6. The molecule has 10 heteroatoms. The zero-order valence-electron chi connectivity index (χ0n) is 28.1. The summed E-state index contributed by atoms with van der Waals surface area (Å²) in [6.45, 7) is 10.8. The number of aliphatic hydroxyl groups excluding tert-OH is 2. The lowest BCUT2D eigenvalue weighted by molar-refractivity contribution is -0.151. The number of hydrogen-bond acceptors (Lipinski definition) is 9. The number of esters is 1. The molecule has 1 aromatic carbocycles. The summed E-state index contributed by atoms with van der Waals surface area (Å²) in [4.78, 5) is 25.9. The topological polar surface area (TPSA) is 158 Å². The van der Waals surface area contributed by atoms with Gasteiger partial charge in [-0.05, 0) is 57.7 Å². The maximum absolute atomic E-state index is 13.2. The highest BCUT2D eigenvalue weighted by Crippen LogP contribution is 2.39. The smallest absolute Gasteiger partial charge is 0.309 e. The van der Waals surface area contributed by atoms with Crippen LogP contribution >= 0.6 is 0 Å². The zero-order valence-corrected chi connectivity index (χ0v) is 28.1. The van der Waals surface area contributed by atoms with E-state index in [1.807, 2.05) is 26.8 Å². The van der Waals surface area contributed by atoms with E-state index in [9.17, 15) is 30.0 Å². The van der Waals surface area contributed by atoms with Gasteiger partial charge in [0.2, 0.25) is 0 Å². The average molecular weight is 644 g/mol. The molecule has 46 heavy (non-hydrogen) atoms. The number of cyclic esters (lactones) is 1. The number of epoxide rings is 1. The van der Waals surface area contributed by atoms with Crippen molar-refractivity contribution in [1.29, 1.82) is 0 Å². The maximum Gasteiger partial charge on any atom is 0.309 e. The Morgan fingerprint density at radius 2 is 1.89 bits per heavy atom. The van der Waals surface area contributed by atoms with Crippen LogP contribution in [0.5, 0.6) is 0 Å². The molecule has 0 aromatic heterocycles. The van der Waals surface area contributed by atoms with Crippen molar-refractivity contribution in [1.82, 2.24) is 5.32 Å². The summed E-state index contributed by atoms with van der Waals surface area (Å²) in [6.07, 6.45) is 5.23. The summed E-state index contributed by atoms with van der Waals surface area (Å²) in [5, 5.41) is 46.3. The Morgan fingerprint density at radius 3 is 2.52 bits per heavy atom. The first-order valence-corrected chi connectivity index (χ1v) is 16.2. The van der Waals surface area contributed by atoms with Crippen molar-refractivity contribution < 1.29 is 44.2 Å². The van der Waals surface area contributed by atoms with Gasteiger partial charge in [-0.3, -0.25) is 9.59 Å². The minimum atomic E-state index is -1.54. The fraction of sp³-hybridized carbons (Fsp3) is 0.611. The molecule has 3 rings (SSSR count). The van der Waals surface area contributed by atoms with E-state index in [2.05, 4.69) is 5.32 Å². The Hall–Kier alpha value is -2.86. The van der Waals surface area contributed by atoms with Crippen LogP contribution in [0.1, 0.15) is 77.6 Å². The quantitative estimate of drug-likeness (QED) is 0.105. The van der Waals surface area contributed by atoms with E-state index in [4.69, 9.17) is 14.2 Å². The van der Waals surface area contributed by atoms with Crippen LogP contribution in [0.25, 0.3) is 0 Å². The highest BCUT2D eigenvalue weighted by Gasteiger charge is 2.54. The van der Waals surface area contributed by atoms with E-state index >= 15 is 0 Å². The van der Waals surface area contributed by atoms with Gasteiger partial charge in [-0.1, -0.05) is 69.4 Å². The minimum absolute atomic E-state index is 0.0316. The number of benzene rings is 1. The molecule has 5 N–H and O–H groups in total. The number of hydrogen-bond donors (Lipinski definition) is 5. The van der Waals surface area contributed by atoms with Gasteiger partial charge in [0.25, 0.3) is 5.91 Å². The Labute approximate surface area is 273 Å². The van der Waals surface area contributed by atoms with E-state index in [1.165, 1.54) is 13.0 Å². The summed E-state index contributed by atoms with van der Waals surface area (Å²) in [6, 6.07) is 7.98. The lowest BCUT2D eigenvalue weighted by atomic mass is 9.87. The van der Waals surface area contributed by atoms with Crippen LogP contribution in [-0.2, 0) is 19.0 Å². The van der Waals surface area contributed by atoms with Crippen molar-refractivity contribution >= 4 is 11.9 Å². The number of carbonyl (C=O) groups is 2. The van der Waals surface area contributed by atoms with Crippen molar-refractivity contribution in [3.8, 4) is 0 Å². The Bertz CT molecular complexity index is 1240. The van der Waals surface area contributed by atoms with Gasteiger partial charge in [-0.2, -0.15) is 0 Å². The van der Waals surface area contributed by atoms with Crippen LogP contribution in [0, 0.1) is 11.8 Å². The predicted molar refractivity (Wildman–Crippen MR) is 175 cm³/mol. The summed E-state index contributed by atoms with van der Waals surface area (Å²) >= 11 is 0. The van der Waals surface area contributed by atoms with Crippen LogP contribution < -0.4 is 5.32 Å². The van der Waals surface area contributed by atoms with E-state index in [0.717, 1.165) is 6.42 Å². The van der Waals surface area contributed by atoms with Crippen LogP contribution in [0.4, 0.5) is 0 Å². The highest BCUT2D eigenvalue weighted by molar-refractivity contribution is 5.94. The van der Waals surface area contributed by atoms with Crippen LogP contribution in [0.2, 0.25) is 0 Å². The molecule has 0 saturated carbocycles. The highest BCUT2D eigenvalue weighted by atomic mass is 16.6. The van der Waals surface area contributed by atoms with Crippen molar-refractivity contribution in [3.05, 3.63) is 71.8 Å². The molecule has 256 valence electrons. The number of methoxy groups -OCH3 is 1. The lowest BCUT2D eigenvalue weighted by Crippen LogP contribution is -2.54. The number of rotatable bonds is 11. The van der Waals surface area contributed by atoms with Gasteiger partial charge in [0.05, 0.1) is 36.4 Å². The number of nitrogens with one attached hydrogen (secondary N) is 1. The second kappa shape index (κ2) is 16.3. The van der Waals surface area contributed by atoms with Gasteiger partial charge in [-0.25, -0.2) is 0 Å². The molecule has 1 saturated heterocycles. The van der Waals surface area contributed by atoms with Crippen molar-refractivity contribution in [2.45, 2.75) is 121 Å². The molecular weight excluding hydrogens is 590 g/mol. The molecule has 1 fully saturated rings. The first kappa shape index (κ1) is 37.6. The molecule has 2 aliphatic rings.